The summed E-state index contributed by atoms with van der Waals surface area (Å²) in [7, 11) is -3.49. The van der Waals surface area contributed by atoms with E-state index in [1.54, 1.807) is 13.1 Å². The van der Waals surface area contributed by atoms with Crippen molar-refractivity contribution in [3.8, 4) is 0 Å². The van der Waals surface area contributed by atoms with Crippen molar-refractivity contribution in [3.63, 3.8) is 0 Å². The van der Waals surface area contributed by atoms with E-state index in [-0.39, 0.29) is 12.8 Å². The Kier molecular flexibility index (Phi) is 3.40. The van der Waals surface area contributed by atoms with Crippen molar-refractivity contribution >= 4 is 29.1 Å². The summed E-state index contributed by atoms with van der Waals surface area (Å²) in [5.41, 5.74) is 0. The molecule has 0 spiro atoms. The molecule has 0 fully saturated rings. The van der Waals surface area contributed by atoms with E-state index in [4.69, 9.17) is 4.52 Å². The molecule has 0 saturated heterocycles. The van der Waals surface area contributed by atoms with E-state index in [0.29, 0.717) is 0 Å². The lowest BCUT2D eigenvalue weighted by atomic mass is 10.3. The molecule has 86 valence electrons. The van der Waals surface area contributed by atoms with E-state index in [0.717, 1.165) is 15.1 Å². The van der Waals surface area contributed by atoms with Gasteiger partial charge < -0.3 is 9.42 Å². The molecule has 1 N–H and O–H groups in total. The largest absolute Gasteiger partial charge is 0.333 e. The Hall–Kier alpha value is -0.740. The molecule has 0 aliphatic heterocycles. The van der Waals surface area contributed by atoms with Gasteiger partial charge in [0, 0.05) is 16.5 Å². The van der Waals surface area contributed by atoms with Crippen LogP contribution < -0.4 is 0 Å². The number of hydrogen-bond acceptors (Lipinski definition) is 4. The van der Waals surface area contributed by atoms with Crippen LogP contribution in [0.5, 0.6) is 0 Å². The van der Waals surface area contributed by atoms with Crippen LogP contribution in [-0.4, -0.2) is 16.5 Å². The zero-order valence-corrected chi connectivity index (χ0v) is 10.5. The molecule has 0 saturated carbocycles. The second-order valence-corrected chi connectivity index (χ2v) is 6.29. The third kappa shape index (κ3) is 2.68. The topological polar surface area (TPSA) is 59.4 Å². The number of hydrogen-bond donors (Lipinski definition) is 1. The van der Waals surface area contributed by atoms with Gasteiger partial charge in [-0.05, 0) is 19.1 Å². The fourth-order valence-electron chi connectivity index (χ4n) is 1.45. The molecule has 2 heterocycles. The molecule has 1 unspecified atom stereocenters. The van der Waals surface area contributed by atoms with E-state index in [1.807, 2.05) is 18.2 Å². The highest BCUT2D eigenvalue weighted by Crippen LogP contribution is 2.47. The molecule has 0 radical (unpaired) electrons. The van der Waals surface area contributed by atoms with E-state index in [1.165, 1.54) is 11.3 Å². The number of nitrogens with zero attached hydrogens (tertiary/aromatic N) is 1. The number of rotatable bonds is 4. The maximum absolute atomic E-state index is 11.6. The van der Waals surface area contributed by atoms with E-state index in [9.17, 15) is 9.46 Å². The maximum Gasteiger partial charge on any atom is 0.333 e. The van der Waals surface area contributed by atoms with Crippen LogP contribution in [0.4, 0.5) is 0 Å². The molecule has 2 rings (SSSR count). The van der Waals surface area contributed by atoms with Crippen molar-refractivity contribution in [2.24, 2.45) is 0 Å². The zero-order valence-electron chi connectivity index (χ0n) is 8.79. The average molecular weight is 257 g/mol. The highest BCUT2D eigenvalue weighted by molar-refractivity contribution is 7.52. The summed E-state index contributed by atoms with van der Waals surface area (Å²) in [6.07, 6.45) is 1.77. The van der Waals surface area contributed by atoms with Gasteiger partial charge in [0.2, 0.25) is 0 Å². The summed E-state index contributed by atoms with van der Waals surface area (Å²) < 4.78 is 16.4. The number of pyridine rings is 1. The van der Waals surface area contributed by atoms with E-state index in [2.05, 4.69) is 4.98 Å². The SMILES string of the molecule is CCOP(=O)(O)Cc1cc2cccnc2s1. The Balaban J connectivity index is 2.25. The van der Waals surface area contributed by atoms with Crippen LogP contribution in [0.15, 0.2) is 24.4 Å². The van der Waals surface area contributed by atoms with Crippen molar-refractivity contribution in [1.82, 2.24) is 4.98 Å². The maximum atomic E-state index is 11.6. The summed E-state index contributed by atoms with van der Waals surface area (Å²) >= 11 is 1.43. The predicted molar refractivity (Wildman–Crippen MR) is 64.8 cm³/mol. The first-order valence-electron chi connectivity index (χ1n) is 4.90. The van der Waals surface area contributed by atoms with Crippen molar-refractivity contribution < 1.29 is 14.0 Å². The van der Waals surface area contributed by atoms with Gasteiger partial charge in [-0.25, -0.2) is 4.98 Å². The Labute approximate surface area is 97.4 Å². The van der Waals surface area contributed by atoms with Gasteiger partial charge in [0.15, 0.2) is 0 Å². The third-order valence-electron chi connectivity index (χ3n) is 2.03. The normalized spacial score (nSPS) is 15.1. The van der Waals surface area contributed by atoms with Crippen molar-refractivity contribution in [1.29, 1.82) is 0 Å². The van der Waals surface area contributed by atoms with Crippen LogP contribution in [0, 0.1) is 0 Å². The van der Waals surface area contributed by atoms with Crippen LogP contribution in [0.2, 0.25) is 0 Å². The Bertz CT molecular complexity index is 507. The molecular weight excluding hydrogens is 245 g/mol. The minimum Gasteiger partial charge on any atom is -0.324 e. The van der Waals surface area contributed by atoms with Gasteiger partial charge in [0.25, 0.3) is 0 Å². The van der Waals surface area contributed by atoms with Gasteiger partial charge in [0.05, 0.1) is 12.8 Å². The molecule has 0 aliphatic carbocycles. The van der Waals surface area contributed by atoms with Crippen LogP contribution >= 0.6 is 18.9 Å². The minimum absolute atomic E-state index is 0.0574. The number of thiophene rings is 1. The molecule has 0 aromatic carbocycles. The lowest BCUT2D eigenvalue weighted by Crippen LogP contribution is -1.91. The smallest absolute Gasteiger partial charge is 0.324 e. The molecule has 2 aromatic rings. The van der Waals surface area contributed by atoms with Crippen LogP contribution in [-0.2, 0) is 15.3 Å². The molecule has 2 aromatic heterocycles. The molecule has 16 heavy (non-hydrogen) atoms. The third-order valence-corrected chi connectivity index (χ3v) is 4.71. The number of fused-ring (bicyclic) bond motifs is 1. The standard InChI is InChI=1S/C10H12NO3PS/c1-2-14-15(12,13)7-9-6-8-4-3-5-11-10(8)16-9/h3-6H,2,7H2,1H3,(H,12,13). The van der Waals surface area contributed by atoms with Gasteiger partial charge in [-0.1, -0.05) is 6.07 Å². The van der Waals surface area contributed by atoms with Gasteiger partial charge in [-0.15, -0.1) is 11.3 Å². The molecule has 6 heteroatoms. The fraction of sp³-hybridized carbons (Fsp3) is 0.300. The van der Waals surface area contributed by atoms with E-state index >= 15 is 0 Å². The minimum atomic E-state index is -3.49. The predicted octanol–water partition coefficient (Wildman–Crippen LogP) is 3.02. The first-order valence-corrected chi connectivity index (χ1v) is 7.48. The van der Waals surface area contributed by atoms with Gasteiger partial charge in [-0.3, -0.25) is 4.57 Å². The monoisotopic (exact) mass is 257 g/mol. The average Bonchev–Trinajstić information content (AvgIpc) is 2.58. The molecule has 1 atom stereocenters. The van der Waals surface area contributed by atoms with Crippen LogP contribution in [0.1, 0.15) is 11.8 Å². The fourth-order valence-corrected chi connectivity index (χ4v) is 3.97. The molecule has 0 aliphatic rings. The number of aromatic nitrogens is 1. The van der Waals surface area contributed by atoms with Crippen LogP contribution in [0.25, 0.3) is 10.2 Å². The Morgan fingerprint density at radius 3 is 3.12 bits per heavy atom. The first kappa shape index (κ1) is 11.7. The summed E-state index contributed by atoms with van der Waals surface area (Å²) in [6, 6.07) is 5.67. The summed E-state index contributed by atoms with van der Waals surface area (Å²) in [6.45, 7) is 1.95. The molecule has 4 nitrogen and oxygen atoms in total. The van der Waals surface area contributed by atoms with Crippen molar-refractivity contribution in [3.05, 3.63) is 29.3 Å². The van der Waals surface area contributed by atoms with Crippen LogP contribution in [0.3, 0.4) is 0 Å². The first-order chi connectivity index (χ1) is 7.61. The highest BCUT2D eigenvalue weighted by atomic mass is 32.1. The Morgan fingerprint density at radius 2 is 2.44 bits per heavy atom. The van der Waals surface area contributed by atoms with Gasteiger partial charge in [0.1, 0.15) is 4.83 Å². The second kappa shape index (κ2) is 4.63. The summed E-state index contributed by atoms with van der Waals surface area (Å²) in [5.74, 6) is 0. The van der Waals surface area contributed by atoms with Crippen molar-refractivity contribution in [2.45, 2.75) is 13.1 Å². The summed E-state index contributed by atoms with van der Waals surface area (Å²) in [5, 5.41) is 0.999. The molecular formula is C10H12NO3PS. The highest BCUT2D eigenvalue weighted by Gasteiger charge is 2.20. The zero-order chi connectivity index (χ0) is 11.6. The van der Waals surface area contributed by atoms with Gasteiger partial charge >= 0.3 is 7.60 Å². The van der Waals surface area contributed by atoms with Gasteiger partial charge in [-0.2, -0.15) is 0 Å². The second-order valence-electron chi connectivity index (χ2n) is 3.32. The van der Waals surface area contributed by atoms with E-state index < -0.39 is 7.60 Å². The lowest BCUT2D eigenvalue weighted by molar-refractivity contribution is 0.273. The lowest BCUT2D eigenvalue weighted by Gasteiger charge is -2.08. The quantitative estimate of drug-likeness (QED) is 0.855. The molecule has 0 amide bonds. The van der Waals surface area contributed by atoms with Crippen molar-refractivity contribution in [2.75, 3.05) is 6.61 Å². The molecule has 0 bridgehead atoms. The Morgan fingerprint density at radius 1 is 1.62 bits per heavy atom. The summed E-state index contributed by atoms with van der Waals surface area (Å²) in [4.78, 5) is 15.4.